The zero-order valence-corrected chi connectivity index (χ0v) is 13.7. The third kappa shape index (κ3) is 2.57. The lowest BCUT2D eigenvalue weighted by Crippen LogP contribution is -2.35. The fourth-order valence-corrected chi connectivity index (χ4v) is 3.28. The second-order valence-corrected chi connectivity index (χ2v) is 6.04. The topological polar surface area (TPSA) is 93.1 Å². The Morgan fingerprint density at radius 3 is 2.23 bits per heavy atom. The van der Waals surface area contributed by atoms with Gasteiger partial charge in [0.15, 0.2) is 11.5 Å². The van der Waals surface area contributed by atoms with Gasteiger partial charge in [0.25, 0.3) is 11.8 Å². The Bertz CT molecular complexity index is 887. The van der Waals surface area contributed by atoms with Gasteiger partial charge in [0.2, 0.25) is 0 Å². The van der Waals surface area contributed by atoms with Crippen molar-refractivity contribution in [1.82, 2.24) is 4.90 Å². The van der Waals surface area contributed by atoms with E-state index in [4.69, 9.17) is 9.47 Å². The van der Waals surface area contributed by atoms with Crippen LogP contribution in [0.3, 0.4) is 0 Å². The monoisotopic (exact) mass is 353 g/mol. The number of rotatable bonds is 4. The number of ether oxygens (including phenoxy) is 2. The van der Waals surface area contributed by atoms with Crippen LogP contribution in [-0.2, 0) is 4.79 Å². The number of carboxylic acids is 1. The van der Waals surface area contributed by atoms with Crippen molar-refractivity contribution in [3.63, 3.8) is 0 Å². The van der Waals surface area contributed by atoms with E-state index < -0.39 is 30.2 Å². The third-order valence-corrected chi connectivity index (χ3v) is 4.46. The van der Waals surface area contributed by atoms with Crippen LogP contribution in [0, 0.1) is 0 Å². The zero-order chi connectivity index (χ0) is 18.3. The van der Waals surface area contributed by atoms with E-state index in [9.17, 15) is 19.5 Å². The molecule has 7 nitrogen and oxygen atoms in total. The van der Waals surface area contributed by atoms with E-state index in [0.29, 0.717) is 30.3 Å². The number of benzene rings is 2. The van der Waals surface area contributed by atoms with Gasteiger partial charge in [-0.2, -0.15) is 0 Å². The summed E-state index contributed by atoms with van der Waals surface area (Å²) in [6.07, 6.45) is -0.398. The first kappa shape index (κ1) is 16.1. The minimum atomic E-state index is -1.11. The molecule has 0 aromatic heterocycles. The highest BCUT2D eigenvalue weighted by Gasteiger charge is 2.41. The Labute approximate surface area is 148 Å². The molecule has 2 heterocycles. The molecule has 2 aromatic carbocycles. The van der Waals surface area contributed by atoms with E-state index in [1.807, 2.05) is 0 Å². The van der Waals surface area contributed by atoms with Crippen molar-refractivity contribution in [2.45, 2.75) is 12.5 Å². The molecule has 0 saturated carbocycles. The summed E-state index contributed by atoms with van der Waals surface area (Å²) < 4.78 is 11.0. The Balaban J connectivity index is 1.76. The van der Waals surface area contributed by atoms with Crippen LogP contribution in [0.15, 0.2) is 42.5 Å². The SMILES string of the molecule is O=C(O)CC(c1ccc2c(c1)OCCO2)N1C(=O)c2ccccc2C1=O. The second kappa shape index (κ2) is 6.18. The first-order valence-corrected chi connectivity index (χ1v) is 8.14. The summed E-state index contributed by atoms with van der Waals surface area (Å²) in [7, 11) is 0. The maximum absolute atomic E-state index is 12.7. The third-order valence-electron chi connectivity index (χ3n) is 4.46. The Kier molecular flexibility index (Phi) is 3.84. The van der Waals surface area contributed by atoms with Crippen LogP contribution in [0.1, 0.15) is 38.7 Å². The summed E-state index contributed by atoms with van der Waals surface area (Å²) in [6, 6.07) is 10.5. The van der Waals surface area contributed by atoms with E-state index in [0.717, 1.165) is 4.90 Å². The van der Waals surface area contributed by atoms with Crippen molar-refractivity contribution < 1.29 is 29.0 Å². The van der Waals surface area contributed by atoms with Crippen LogP contribution in [0.5, 0.6) is 11.5 Å². The van der Waals surface area contributed by atoms with Crippen LogP contribution in [0.25, 0.3) is 0 Å². The van der Waals surface area contributed by atoms with Crippen LogP contribution >= 0.6 is 0 Å². The van der Waals surface area contributed by atoms with Gasteiger partial charge in [-0.3, -0.25) is 19.3 Å². The lowest BCUT2D eigenvalue weighted by molar-refractivity contribution is -0.138. The van der Waals surface area contributed by atoms with Crippen molar-refractivity contribution >= 4 is 17.8 Å². The number of hydrogen-bond acceptors (Lipinski definition) is 5. The summed E-state index contributed by atoms with van der Waals surface area (Å²) in [5, 5.41) is 9.33. The molecule has 7 heteroatoms. The quantitative estimate of drug-likeness (QED) is 0.848. The normalized spacial score (nSPS) is 16.4. The molecule has 0 saturated heterocycles. The molecule has 0 radical (unpaired) electrons. The van der Waals surface area contributed by atoms with E-state index in [2.05, 4.69) is 0 Å². The maximum Gasteiger partial charge on any atom is 0.305 e. The Morgan fingerprint density at radius 2 is 1.62 bits per heavy atom. The molecule has 2 aliphatic rings. The number of hydrogen-bond donors (Lipinski definition) is 1. The average molecular weight is 353 g/mol. The number of imide groups is 1. The van der Waals surface area contributed by atoms with Crippen LogP contribution in [0.4, 0.5) is 0 Å². The van der Waals surface area contributed by atoms with Gasteiger partial charge in [-0.1, -0.05) is 18.2 Å². The largest absolute Gasteiger partial charge is 0.486 e. The van der Waals surface area contributed by atoms with Gasteiger partial charge in [0.05, 0.1) is 23.6 Å². The van der Waals surface area contributed by atoms with E-state index in [-0.39, 0.29) is 11.1 Å². The predicted octanol–water partition coefficient (Wildman–Crippen LogP) is 2.27. The number of amides is 2. The molecule has 1 atom stereocenters. The highest BCUT2D eigenvalue weighted by Crippen LogP contribution is 2.38. The summed E-state index contributed by atoms with van der Waals surface area (Å²) in [5.74, 6) is -1.07. The first-order chi connectivity index (χ1) is 12.6. The van der Waals surface area contributed by atoms with Crippen LogP contribution < -0.4 is 9.47 Å². The van der Waals surface area contributed by atoms with E-state index >= 15 is 0 Å². The molecule has 1 unspecified atom stereocenters. The summed E-state index contributed by atoms with van der Waals surface area (Å²) in [4.78, 5) is 37.9. The Hall–Kier alpha value is -3.35. The minimum absolute atomic E-state index is 0.283. The van der Waals surface area contributed by atoms with Crippen molar-refractivity contribution in [3.05, 3.63) is 59.2 Å². The van der Waals surface area contributed by atoms with Crippen molar-refractivity contribution in [2.24, 2.45) is 0 Å². The summed E-state index contributed by atoms with van der Waals surface area (Å²) >= 11 is 0. The van der Waals surface area contributed by atoms with Gasteiger partial charge >= 0.3 is 5.97 Å². The summed E-state index contributed by atoms with van der Waals surface area (Å²) in [6.45, 7) is 0.816. The number of carbonyl (C=O) groups is 3. The molecule has 2 aliphatic heterocycles. The van der Waals surface area contributed by atoms with Gasteiger partial charge in [-0.15, -0.1) is 0 Å². The maximum atomic E-state index is 12.7. The molecule has 0 bridgehead atoms. The van der Waals surface area contributed by atoms with Crippen LogP contribution in [0.2, 0.25) is 0 Å². The molecule has 26 heavy (non-hydrogen) atoms. The lowest BCUT2D eigenvalue weighted by Gasteiger charge is -2.27. The lowest BCUT2D eigenvalue weighted by atomic mass is 10.0. The molecule has 4 rings (SSSR count). The Morgan fingerprint density at radius 1 is 1.00 bits per heavy atom. The van der Waals surface area contributed by atoms with Crippen LogP contribution in [-0.4, -0.2) is 41.0 Å². The first-order valence-electron chi connectivity index (χ1n) is 8.14. The van der Waals surface area contributed by atoms with Gasteiger partial charge < -0.3 is 14.6 Å². The van der Waals surface area contributed by atoms with Gasteiger partial charge in [-0.25, -0.2) is 0 Å². The molecule has 132 valence electrons. The number of aliphatic carboxylic acids is 1. The molecular weight excluding hydrogens is 338 g/mol. The van der Waals surface area contributed by atoms with Gasteiger partial charge in [0.1, 0.15) is 13.2 Å². The molecule has 1 N–H and O–H groups in total. The smallest absolute Gasteiger partial charge is 0.305 e. The highest BCUT2D eigenvalue weighted by molar-refractivity contribution is 6.21. The number of carbonyl (C=O) groups excluding carboxylic acids is 2. The van der Waals surface area contributed by atoms with Gasteiger partial charge in [-0.05, 0) is 29.8 Å². The van der Waals surface area contributed by atoms with Gasteiger partial charge in [0, 0.05) is 0 Å². The molecular formula is C19H15NO6. The zero-order valence-electron chi connectivity index (χ0n) is 13.7. The molecule has 2 aromatic rings. The number of carboxylic acid groups (broad SMARTS) is 1. The molecule has 0 aliphatic carbocycles. The van der Waals surface area contributed by atoms with Crippen molar-refractivity contribution in [2.75, 3.05) is 13.2 Å². The highest BCUT2D eigenvalue weighted by atomic mass is 16.6. The van der Waals surface area contributed by atoms with E-state index in [1.165, 1.54) is 0 Å². The standard InChI is InChI=1S/C19H15NO6/c21-17(22)10-14(11-5-6-15-16(9-11)26-8-7-25-15)20-18(23)12-3-1-2-4-13(12)19(20)24/h1-6,9,14H,7-8,10H2,(H,21,22). The minimum Gasteiger partial charge on any atom is -0.486 e. The number of fused-ring (bicyclic) bond motifs is 2. The van der Waals surface area contributed by atoms with E-state index in [1.54, 1.807) is 42.5 Å². The fraction of sp³-hybridized carbons (Fsp3) is 0.211. The predicted molar refractivity (Wildman–Crippen MR) is 89.4 cm³/mol. The molecule has 0 spiro atoms. The fourth-order valence-electron chi connectivity index (χ4n) is 3.28. The molecule has 0 fully saturated rings. The average Bonchev–Trinajstić information content (AvgIpc) is 2.90. The van der Waals surface area contributed by atoms with Crippen molar-refractivity contribution in [3.8, 4) is 11.5 Å². The molecule has 2 amide bonds. The second-order valence-electron chi connectivity index (χ2n) is 6.04. The summed E-state index contributed by atoms with van der Waals surface area (Å²) in [5.41, 5.74) is 1.07. The van der Waals surface area contributed by atoms with Crippen molar-refractivity contribution in [1.29, 1.82) is 0 Å². The number of nitrogens with zero attached hydrogens (tertiary/aromatic N) is 1.